The minimum Gasteiger partial charge on any atom is -0.439 e. The first-order valence-corrected chi connectivity index (χ1v) is 9.37. The first kappa shape index (κ1) is 18.9. The molecule has 4 rings (SSSR count). The number of primary amides is 1. The molecule has 9 heteroatoms. The minimum absolute atomic E-state index is 0.00212. The van der Waals surface area contributed by atoms with Crippen molar-refractivity contribution in [3.63, 3.8) is 0 Å². The molecule has 1 fully saturated rings. The second kappa shape index (κ2) is 7.88. The second-order valence-electron chi connectivity index (χ2n) is 7.12. The van der Waals surface area contributed by atoms with Crippen molar-refractivity contribution in [1.29, 1.82) is 0 Å². The van der Waals surface area contributed by atoms with E-state index in [-0.39, 0.29) is 11.9 Å². The Kier molecular flexibility index (Phi) is 5.13. The summed E-state index contributed by atoms with van der Waals surface area (Å²) in [4.78, 5) is 33.4. The normalized spacial score (nSPS) is 16.8. The number of fused-ring (bicyclic) bond motifs is 1. The van der Waals surface area contributed by atoms with Gasteiger partial charge in [0, 0.05) is 50.2 Å². The highest BCUT2D eigenvalue weighted by atomic mass is 16.5. The Morgan fingerprint density at radius 3 is 2.93 bits per heavy atom. The van der Waals surface area contributed by atoms with Crippen LogP contribution in [0.2, 0.25) is 0 Å². The maximum atomic E-state index is 11.4. The van der Waals surface area contributed by atoms with Crippen molar-refractivity contribution >= 4 is 22.8 Å². The Labute approximate surface area is 167 Å². The van der Waals surface area contributed by atoms with Gasteiger partial charge in [-0.05, 0) is 30.7 Å². The molecule has 0 saturated carbocycles. The number of likely N-dealkylation sites (tertiary alicyclic amines) is 1. The smallest absolute Gasteiger partial charge is 0.323 e. The molecule has 1 atom stereocenters. The minimum atomic E-state index is -0.531. The van der Waals surface area contributed by atoms with E-state index in [1.165, 1.54) is 17.8 Å². The van der Waals surface area contributed by atoms with Gasteiger partial charge in [-0.1, -0.05) is 0 Å². The van der Waals surface area contributed by atoms with Crippen molar-refractivity contribution in [2.24, 2.45) is 5.73 Å². The number of aromatic nitrogens is 3. The summed E-state index contributed by atoms with van der Waals surface area (Å²) in [7, 11) is 0. The zero-order chi connectivity index (χ0) is 20.4. The number of amides is 2. The average molecular weight is 394 g/mol. The van der Waals surface area contributed by atoms with Crippen molar-refractivity contribution in [2.45, 2.75) is 25.9 Å². The van der Waals surface area contributed by atoms with Gasteiger partial charge in [-0.15, -0.1) is 0 Å². The highest BCUT2D eigenvalue weighted by Crippen LogP contribution is 2.25. The Balaban J connectivity index is 1.43. The predicted molar refractivity (Wildman–Crippen MR) is 107 cm³/mol. The fourth-order valence-electron chi connectivity index (χ4n) is 3.63. The molecule has 1 aliphatic heterocycles. The molecule has 0 radical (unpaired) electrons. The number of hydrogen-bond acceptors (Lipinski definition) is 6. The number of nitrogens with two attached hydrogens (primary N) is 1. The van der Waals surface area contributed by atoms with Gasteiger partial charge < -0.3 is 15.8 Å². The maximum absolute atomic E-state index is 11.4. The van der Waals surface area contributed by atoms with E-state index in [0.29, 0.717) is 18.2 Å². The number of nitrogens with one attached hydrogen (secondary N) is 1. The van der Waals surface area contributed by atoms with Gasteiger partial charge in [-0.25, -0.2) is 14.8 Å². The molecule has 2 amide bonds. The molecular weight excluding hydrogens is 372 g/mol. The van der Waals surface area contributed by atoms with Crippen LogP contribution in [0.1, 0.15) is 19.0 Å². The molecule has 3 heterocycles. The molecule has 1 saturated heterocycles. The van der Waals surface area contributed by atoms with Gasteiger partial charge in [0.15, 0.2) is 0 Å². The lowest BCUT2D eigenvalue weighted by Gasteiger charge is -2.16. The lowest BCUT2D eigenvalue weighted by molar-refractivity contribution is -0.119. The van der Waals surface area contributed by atoms with E-state index in [9.17, 15) is 9.59 Å². The highest BCUT2D eigenvalue weighted by molar-refractivity contribution is 5.91. The van der Waals surface area contributed by atoms with Gasteiger partial charge in [0.1, 0.15) is 12.1 Å². The van der Waals surface area contributed by atoms with Crippen LogP contribution in [0.15, 0.2) is 42.9 Å². The summed E-state index contributed by atoms with van der Waals surface area (Å²) >= 11 is 0. The molecule has 9 nitrogen and oxygen atoms in total. The molecule has 1 unspecified atom stereocenters. The summed E-state index contributed by atoms with van der Waals surface area (Å²) in [6.07, 6.45) is 4.04. The van der Waals surface area contributed by atoms with Crippen molar-refractivity contribution in [3.05, 3.63) is 48.5 Å². The molecule has 3 N–H and O–H groups in total. The van der Waals surface area contributed by atoms with Gasteiger partial charge in [-0.2, -0.15) is 0 Å². The van der Waals surface area contributed by atoms with E-state index >= 15 is 0 Å². The lowest BCUT2D eigenvalue weighted by Crippen LogP contribution is -2.35. The molecule has 1 aliphatic rings. The largest absolute Gasteiger partial charge is 0.439 e. The third-order valence-corrected chi connectivity index (χ3v) is 4.89. The molecule has 1 aromatic carbocycles. The van der Waals surface area contributed by atoms with Crippen LogP contribution < -0.4 is 15.8 Å². The van der Waals surface area contributed by atoms with E-state index in [1.807, 2.05) is 12.1 Å². The van der Waals surface area contributed by atoms with Gasteiger partial charge >= 0.3 is 6.03 Å². The SMILES string of the molecule is CC(=O)NC1CCN(Cc2cc(Oc3ccc4c(ccn4C(N)=O)c3)ncn2)C1. The van der Waals surface area contributed by atoms with Crippen LogP contribution >= 0.6 is 0 Å². The zero-order valence-corrected chi connectivity index (χ0v) is 16.0. The van der Waals surface area contributed by atoms with Crippen LogP contribution in [0.25, 0.3) is 10.9 Å². The predicted octanol–water partition coefficient (Wildman–Crippen LogP) is 1.86. The topological polar surface area (TPSA) is 115 Å². The first-order valence-electron chi connectivity index (χ1n) is 9.37. The van der Waals surface area contributed by atoms with E-state index < -0.39 is 6.03 Å². The Hall–Kier alpha value is -3.46. The molecule has 0 spiro atoms. The number of nitrogens with zero attached hydrogens (tertiary/aromatic N) is 4. The van der Waals surface area contributed by atoms with Crippen molar-refractivity contribution in [3.8, 4) is 11.6 Å². The van der Waals surface area contributed by atoms with Gasteiger partial charge in [0.05, 0.1) is 11.2 Å². The molecule has 3 aromatic rings. The monoisotopic (exact) mass is 394 g/mol. The summed E-state index contributed by atoms with van der Waals surface area (Å²) in [6.45, 7) is 3.90. The van der Waals surface area contributed by atoms with Crippen LogP contribution in [-0.4, -0.2) is 50.5 Å². The standard InChI is InChI=1S/C20H22N6O3/c1-13(27)24-15-5-6-25(10-15)11-16-9-19(23-12-22-16)29-17-2-3-18-14(8-17)4-7-26(18)20(21)28/h2-4,7-9,12,15H,5-6,10-11H2,1H3,(H2,21,28)(H,24,27). The van der Waals surface area contributed by atoms with E-state index in [4.69, 9.17) is 10.5 Å². The van der Waals surface area contributed by atoms with E-state index in [2.05, 4.69) is 20.2 Å². The maximum Gasteiger partial charge on any atom is 0.323 e. The van der Waals surface area contributed by atoms with Gasteiger partial charge in [0.2, 0.25) is 11.8 Å². The van der Waals surface area contributed by atoms with Gasteiger partial charge in [0.25, 0.3) is 0 Å². The van der Waals surface area contributed by atoms with E-state index in [1.54, 1.807) is 24.4 Å². The Morgan fingerprint density at radius 2 is 2.14 bits per heavy atom. The molecule has 2 aromatic heterocycles. The quantitative estimate of drug-likeness (QED) is 0.682. The first-order chi connectivity index (χ1) is 14.0. The number of hydrogen-bond donors (Lipinski definition) is 2. The average Bonchev–Trinajstić information content (AvgIpc) is 3.28. The van der Waals surface area contributed by atoms with Crippen LogP contribution in [-0.2, 0) is 11.3 Å². The Bertz CT molecular complexity index is 1060. The van der Waals surface area contributed by atoms with Crippen LogP contribution in [0.4, 0.5) is 4.79 Å². The Morgan fingerprint density at radius 1 is 1.28 bits per heavy atom. The summed E-state index contributed by atoms with van der Waals surface area (Å²) in [5, 5.41) is 3.80. The molecule has 150 valence electrons. The van der Waals surface area contributed by atoms with Gasteiger partial charge in [-0.3, -0.25) is 14.3 Å². The fourth-order valence-corrected chi connectivity index (χ4v) is 3.63. The summed E-state index contributed by atoms with van der Waals surface area (Å²) in [5.74, 6) is 1.05. The van der Waals surface area contributed by atoms with E-state index in [0.717, 1.165) is 36.1 Å². The second-order valence-corrected chi connectivity index (χ2v) is 7.12. The summed E-state index contributed by atoms with van der Waals surface area (Å²) < 4.78 is 7.26. The summed E-state index contributed by atoms with van der Waals surface area (Å²) in [6, 6.07) is 8.64. The highest BCUT2D eigenvalue weighted by Gasteiger charge is 2.23. The number of carbonyl (C=O) groups is 2. The van der Waals surface area contributed by atoms with Crippen molar-refractivity contribution in [1.82, 2.24) is 24.8 Å². The van der Waals surface area contributed by atoms with Crippen LogP contribution in [0.5, 0.6) is 11.6 Å². The zero-order valence-electron chi connectivity index (χ0n) is 16.0. The molecular formula is C20H22N6O3. The number of benzene rings is 1. The number of ether oxygens (including phenoxy) is 1. The molecule has 0 aliphatic carbocycles. The fraction of sp³-hybridized carbons (Fsp3) is 0.300. The van der Waals surface area contributed by atoms with Crippen molar-refractivity contribution in [2.75, 3.05) is 13.1 Å². The third kappa shape index (κ3) is 4.35. The number of carbonyl (C=O) groups excluding carboxylic acids is 2. The van der Waals surface area contributed by atoms with Crippen molar-refractivity contribution < 1.29 is 14.3 Å². The molecule has 29 heavy (non-hydrogen) atoms. The number of rotatable bonds is 5. The molecule has 0 bridgehead atoms. The van der Waals surface area contributed by atoms with Crippen LogP contribution in [0.3, 0.4) is 0 Å². The third-order valence-electron chi connectivity index (χ3n) is 4.89. The van der Waals surface area contributed by atoms with Crippen LogP contribution in [0, 0.1) is 0 Å². The lowest BCUT2D eigenvalue weighted by atomic mass is 10.2. The summed E-state index contributed by atoms with van der Waals surface area (Å²) in [5.41, 5.74) is 6.92.